The van der Waals surface area contributed by atoms with Crippen molar-refractivity contribution in [2.24, 2.45) is 7.05 Å². The number of halogens is 1. The van der Waals surface area contributed by atoms with Gasteiger partial charge in [-0.25, -0.2) is 0 Å². The molecule has 25 heavy (non-hydrogen) atoms. The number of nitrogens with zero attached hydrogens (tertiary/aromatic N) is 2. The molecule has 2 aromatic carbocycles. The molecule has 0 N–H and O–H groups in total. The van der Waals surface area contributed by atoms with E-state index in [2.05, 4.69) is 55.9 Å². The minimum Gasteiger partial charge on any atom is -0.350 e. The third-order valence-electron chi connectivity index (χ3n) is 4.87. The Hall–Kier alpha value is -2.07. The van der Waals surface area contributed by atoms with Crippen molar-refractivity contribution in [3.05, 3.63) is 70.3 Å². The highest BCUT2D eigenvalue weighted by Crippen LogP contribution is 2.30. The number of rotatable bonds is 5. The van der Waals surface area contributed by atoms with Gasteiger partial charge in [-0.3, -0.25) is 4.79 Å². The number of hydrogen-bond acceptors (Lipinski definition) is 1. The van der Waals surface area contributed by atoms with Gasteiger partial charge in [0.25, 0.3) is 0 Å². The monoisotopic (exact) mass is 396 g/mol. The maximum atomic E-state index is 13.0. The van der Waals surface area contributed by atoms with E-state index in [-0.39, 0.29) is 5.91 Å². The molecule has 1 aromatic heterocycles. The van der Waals surface area contributed by atoms with Crippen LogP contribution in [0.4, 0.5) is 0 Å². The van der Waals surface area contributed by atoms with Gasteiger partial charge in [0.1, 0.15) is 0 Å². The lowest BCUT2D eigenvalue weighted by molar-refractivity contribution is -0.131. The van der Waals surface area contributed by atoms with Crippen molar-refractivity contribution < 1.29 is 4.79 Å². The molecule has 1 aliphatic carbocycles. The average Bonchev–Trinajstić information content (AvgIpc) is 3.39. The Labute approximate surface area is 156 Å². The Morgan fingerprint density at radius 1 is 1.20 bits per heavy atom. The predicted octanol–water partition coefficient (Wildman–Crippen LogP) is 4.67. The zero-order valence-corrected chi connectivity index (χ0v) is 15.9. The van der Waals surface area contributed by atoms with E-state index in [4.69, 9.17) is 0 Å². The summed E-state index contributed by atoms with van der Waals surface area (Å²) < 4.78 is 3.16. The minimum atomic E-state index is 0.221. The van der Waals surface area contributed by atoms with E-state index in [1.807, 2.05) is 31.3 Å². The van der Waals surface area contributed by atoms with Crippen LogP contribution in [0.25, 0.3) is 10.9 Å². The number of amides is 1. The van der Waals surface area contributed by atoms with Crippen LogP contribution >= 0.6 is 15.9 Å². The third-order valence-corrected chi connectivity index (χ3v) is 5.36. The smallest absolute Gasteiger partial charge is 0.227 e. The van der Waals surface area contributed by atoms with Crippen LogP contribution in [0.2, 0.25) is 0 Å². The maximum absolute atomic E-state index is 13.0. The van der Waals surface area contributed by atoms with E-state index in [1.165, 1.54) is 16.5 Å². The molecule has 128 valence electrons. The van der Waals surface area contributed by atoms with Crippen LogP contribution in [-0.4, -0.2) is 21.4 Å². The molecule has 1 amide bonds. The number of aryl methyl sites for hydroxylation is 1. The summed E-state index contributed by atoms with van der Waals surface area (Å²) in [6, 6.07) is 16.9. The molecular weight excluding hydrogens is 376 g/mol. The van der Waals surface area contributed by atoms with Gasteiger partial charge < -0.3 is 9.47 Å². The quantitative estimate of drug-likeness (QED) is 0.614. The van der Waals surface area contributed by atoms with Gasteiger partial charge in [-0.05, 0) is 42.2 Å². The molecule has 3 nitrogen and oxygen atoms in total. The van der Waals surface area contributed by atoms with Crippen LogP contribution < -0.4 is 0 Å². The first-order valence-corrected chi connectivity index (χ1v) is 9.48. The Kier molecular flexibility index (Phi) is 4.38. The van der Waals surface area contributed by atoms with Gasteiger partial charge >= 0.3 is 0 Å². The summed E-state index contributed by atoms with van der Waals surface area (Å²) in [6.07, 6.45) is 4.79. The van der Waals surface area contributed by atoms with Crippen LogP contribution in [-0.2, 0) is 24.8 Å². The lowest BCUT2D eigenvalue weighted by atomic mass is 10.1. The molecule has 0 aliphatic heterocycles. The average molecular weight is 397 g/mol. The number of benzene rings is 2. The number of fused-ring (bicyclic) bond motifs is 1. The van der Waals surface area contributed by atoms with Crippen molar-refractivity contribution in [1.82, 2.24) is 9.47 Å². The molecule has 4 heteroatoms. The highest BCUT2D eigenvalue weighted by Gasteiger charge is 2.32. The van der Waals surface area contributed by atoms with E-state index in [0.717, 1.165) is 22.9 Å². The first-order valence-electron chi connectivity index (χ1n) is 8.68. The number of carbonyl (C=O) groups excluding carboxylic acids is 1. The van der Waals surface area contributed by atoms with E-state index in [0.29, 0.717) is 19.0 Å². The van der Waals surface area contributed by atoms with Crippen LogP contribution in [0.5, 0.6) is 0 Å². The van der Waals surface area contributed by atoms with Crippen molar-refractivity contribution in [2.75, 3.05) is 0 Å². The van der Waals surface area contributed by atoms with E-state index in [1.54, 1.807) is 0 Å². The lowest BCUT2D eigenvalue weighted by Gasteiger charge is -2.22. The van der Waals surface area contributed by atoms with Gasteiger partial charge in [0.15, 0.2) is 0 Å². The normalized spacial score (nSPS) is 14.0. The maximum Gasteiger partial charge on any atom is 0.227 e. The molecule has 1 heterocycles. The Morgan fingerprint density at radius 2 is 2.00 bits per heavy atom. The van der Waals surface area contributed by atoms with Crippen LogP contribution in [0.15, 0.2) is 59.2 Å². The van der Waals surface area contributed by atoms with Crippen molar-refractivity contribution in [3.63, 3.8) is 0 Å². The number of carbonyl (C=O) groups is 1. The van der Waals surface area contributed by atoms with Gasteiger partial charge in [-0.1, -0.05) is 46.3 Å². The van der Waals surface area contributed by atoms with E-state index >= 15 is 0 Å². The fraction of sp³-hybridized carbons (Fsp3) is 0.286. The third kappa shape index (κ3) is 3.49. The van der Waals surface area contributed by atoms with E-state index in [9.17, 15) is 4.79 Å². The van der Waals surface area contributed by atoms with Gasteiger partial charge in [-0.2, -0.15) is 0 Å². The predicted molar refractivity (Wildman–Crippen MR) is 104 cm³/mol. The van der Waals surface area contributed by atoms with Crippen LogP contribution in [0.3, 0.4) is 0 Å². The standard InChI is InChI=1S/C21H21BrN2O/c1-23-14-16(19-7-2-3-8-20(19)23)12-21(25)24(18-9-10-18)13-15-5-4-6-17(22)11-15/h2-8,11,14,18H,9-10,12-13H2,1H3. The van der Waals surface area contributed by atoms with Gasteiger partial charge in [0.05, 0.1) is 6.42 Å². The number of para-hydroxylation sites is 1. The summed E-state index contributed by atoms with van der Waals surface area (Å²) in [5, 5.41) is 1.18. The Balaban J connectivity index is 1.57. The number of aromatic nitrogens is 1. The second kappa shape index (κ2) is 6.68. The fourth-order valence-corrected chi connectivity index (χ4v) is 3.92. The zero-order chi connectivity index (χ0) is 17.4. The SMILES string of the molecule is Cn1cc(CC(=O)N(Cc2cccc(Br)c2)C2CC2)c2ccccc21. The molecule has 0 unspecified atom stereocenters. The highest BCUT2D eigenvalue weighted by atomic mass is 79.9. The second-order valence-electron chi connectivity index (χ2n) is 6.84. The van der Waals surface area contributed by atoms with Crippen LogP contribution in [0.1, 0.15) is 24.0 Å². The highest BCUT2D eigenvalue weighted by molar-refractivity contribution is 9.10. The molecule has 1 fully saturated rings. The minimum absolute atomic E-state index is 0.221. The van der Waals surface area contributed by atoms with Gasteiger partial charge in [0, 0.05) is 41.2 Å². The largest absolute Gasteiger partial charge is 0.350 e. The molecule has 3 aromatic rings. The summed E-state index contributed by atoms with van der Waals surface area (Å²) in [7, 11) is 2.04. The van der Waals surface area contributed by atoms with E-state index < -0.39 is 0 Å². The molecule has 0 radical (unpaired) electrons. The first-order chi connectivity index (χ1) is 12.1. The summed E-state index contributed by atoms with van der Waals surface area (Å²) in [4.78, 5) is 15.1. The number of hydrogen-bond donors (Lipinski definition) is 0. The Morgan fingerprint density at radius 3 is 2.76 bits per heavy atom. The molecule has 4 rings (SSSR count). The van der Waals surface area contributed by atoms with Crippen molar-refractivity contribution in [3.8, 4) is 0 Å². The summed E-state index contributed by atoms with van der Waals surface area (Å²) >= 11 is 3.52. The summed E-state index contributed by atoms with van der Waals surface area (Å²) in [6.45, 7) is 0.688. The molecule has 0 saturated heterocycles. The zero-order valence-electron chi connectivity index (χ0n) is 14.3. The van der Waals surface area contributed by atoms with Gasteiger partial charge in [0.2, 0.25) is 5.91 Å². The van der Waals surface area contributed by atoms with Crippen molar-refractivity contribution in [2.45, 2.75) is 31.8 Å². The molecule has 1 aliphatic rings. The molecule has 1 saturated carbocycles. The summed E-state index contributed by atoms with van der Waals surface area (Å²) in [5.41, 5.74) is 3.46. The first kappa shape index (κ1) is 16.4. The molecule has 0 spiro atoms. The molecule has 0 bridgehead atoms. The Bertz CT molecular complexity index is 927. The van der Waals surface area contributed by atoms with Crippen LogP contribution in [0, 0.1) is 0 Å². The summed E-state index contributed by atoms with van der Waals surface area (Å²) in [5.74, 6) is 0.221. The van der Waals surface area contributed by atoms with Crippen molar-refractivity contribution >= 4 is 32.7 Å². The molecule has 0 atom stereocenters. The lowest BCUT2D eigenvalue weighted by Crippen LogP contribution is -2.33. The van der Waals surface area contributed by atoms with Gasteiger partial charge in [-0.15, -0.1) is 0 Å². The molecular formula is C21H21BrN2O. The van der Waals surface area contributed by atoms with Crippen molar-refractivity contribution in [1.29, 1.82) is 0 Å². The topological polar surface area (TPSA) is 25.2 Å². The second-order valence-corrected chi connectivity index (χ2v) is 7.76. The fourth-order valence-electron chi connectivity index (χ4n) is 3.47.